The highest BCUT2D eigenvalue weighted by Crippen LogP contribution is 2.78. The molecule has 6 aliphatic carbocycles. The van der Waals surface area contributed by atoms with Crippen molar-refractivity contribution in [2.45, 2.75) is 96.8 Å². The van der Waals surface area contributed by atoms with Crippen molar-refractivity contribution in [3.8, 4) is 0 Å². The van der Waals surface area contributed by atoms with E-state index in [0.717, 1.165) is 59.1 Å². The lowest BCUT2D eigenvalue weighted by molar-refractivity contribution is -0.174. The Balaban J connectivity index is 1.20. The Morgan fingerprint density at radius 3 is 2.51 bits per heavy atom. The Hall–Kier alpha value is -2.78. The summed E-state index contributed by atoms with van der Waals surface area (Å²) in [4.78, 5) is 32.5. The number of nitrogens with zero attached hydrogens (tertiary/aromatic N) is 1. The first-order valence-electron chi connectivity index (χ1n) is 18.3. The number of benzene rings is 1. The first kappa shape index (κ1) is 33.4. The number of hydrogen-bond donors (Lipinski definition) is 3. The average Bonchev–Trinajstić information content (AvgIpc) is 3.80. The summed E-state index contributed by atoms with van der Waals surface area (Å²) >= 11 is 3.27. The predicted octanol–water partition coefficient (Wildman–Crippen LogP) is 8.40. The number of urea groups is 1. The van der Waals surface area contributed by atoms with Crippen molar-refractivity contribution in [2.24, 2.45) is 33.5 Å². The van der Waals surface area contributed by atoms with Crippen LogP contribution in [-0.2, 0) is 6.42 Å². The van der Waals surface area contributed by atoms with Crippen LogP contribution in [0, 0.1) is 33.5 Å². The fourth-order valence-electron chi connectivity index (χ4n) is 11.4. The molecule has 2 aromatic heterocycles. The van der Waals surface area contributed by atoms with Crippen LogP contribution in [0.3, 0.4) is 0 Å². The van der Waals surface area contributed by atoms with Gasteiger partial charge in [-0.25, -0.2) is 4.79 Å². The monoisotopic (exact) mass is 698 g/mol. The molecule has 0 radical (unpaired) electrons. The number of aliphatic hydroxyl groups is 2. The van der Waals surface area contributed by atoms with Gasteiger partial charge in [0.2, 0.25) is 0 Å². The van der Waals surface area contributed by atoms with E-state index in [-0.39, 0.29) is 53.2 Å². The molecule has 1 aromatic carbocycles. The number of fused-ring (bicyclic) bond motifs is 2. The number of Topliss-reactive ketones (excluding diaryl/α,β-unsaturated/α-hetero) is 1. The fraction of sp³-hybridized carbons (Fsp3) is 0.561. The zero-order chi connectivity index (χ0) is 34.4. The van der Waals surface area contributed by atoms with Gasteiger partial charge in [-0.2, -0.15) is 0 Å². The number of allylic oxidation sites excluding steroid dienone is 4. The maximum absolute atomic E-state index is 15.0. The minimum absolute atomic E-state index is 0.00938. The SMILES string of the molecule is CC(C)NC(=O)N(CCc1cccs1)C[C@]1(O)CC[C@H]2[C@]34C=C[C@@]5(C=C3C(=O)c3cc6ccccc6s3)CC(O)CC[C@]5(C)[C@H]4CC[C@@]21C. The summed E-state index contributed by atoms with van der Waals surface area (Å²) in [5, 5.41) is 30.3. The summed E-state index contributed by atoms with van der Waals surface area (Å²) in [6.07, 6.45) is 12.9. The molecular weight excluding hydrogens is 649 g/mol. The van der Waals surface area contributed by atoms with Gasteiger partial charge in [0.05, 0.1) is 23.1 Å². The second kappa shape index (κ2) is 11.6. The number of hydrogen-bond acceptors (Lipinski definition) is 6. The maximum atomic E-state index is 15.0. The van der Waals surface area contributed by atoms with Crippen LogP contribution >= 0.6 is 22.7 Å². The highest BCUT2D eigenvalue weighted by molar-refractivity contribution is 7.21. The summed E-state index contributed by atoms with van der Waals surface area (Å²) in [7, 11) is 0. The number of rotatable bonds is 8. The molecule has 3 fully saturated rings. The zero-order valence-corrected chi connectivity index (χ0v) is 30.8. The van der Waals surface area contributed by atoms with Crippen LogP contribution in [0.2, 0.25) is 0 Å². The summed E-state index contributed by atoms with van der Waals surface area (Å²) in [5.74, 6) is 0.375. The predicted molar refractivity (Wildman–Crippen MR) is 198 cm³/mol. The van der Waals surface area contributed by atoms with Gasteiger partial charge in [-0.1, -0.05) is 56.3 Å². The number of aliphatic hydroxyl groups excluding tert-OH is 1. The number of nitrogens with one attached hydrogen (secondary N) is 1. The highest BCUT2D eigenvalue weighted by Gasteiger charge is 2.74. The smallest absolute Gasteiger partial charge is 0.317 e. The minimum Gasteiger partial charge on any atom is -0.393 e. The molecule has 2 amide bonds. The lowest BCUT2D eigenvalue weighted by Crippen LogP contribution is -2.67. The van der Waals surface area contributed by atoms with Gasteiger partial charge in [-0.05, 0) is 111 Å². The molecule has 2 heterocycles. The number of carbonyl (C=O) groups is 2. The fourth-order valence-corrected chi connectivity index (χ4v) is 13.1. The molecule has 6 aliphatic rings. The van der Waals surface area contributed by atoms with Crippen molar-refractivity contribution in [1.29, 1.82) is 0 Å². The molecule has 3 N–H and O–H groups in total. The average molecular weight is 699 g/mol. The van der Waals surface area contributed by atoms with Crippen LogP contribution in [0.15, 0.2) is 71.6 Å². The zero-order valence-electron chi connectivity index (χ0n) is 29.2. The second-order valence-electron chi connectivity index (χ2n) is 16.6. The molecule has 3 saturated carbocycles. The van der Waals surface area contributed by atoms with Gasteiger partial charge in [0.1, 0.15) is 0 Å². The quantitative estimate of drug-likeness (QED) is 0.163. The number of ketones is 1. The minimum atomic E-state index is -1.10. The van der Waals surface area contributed by atoms with Crippen LogP contribution in [0.1, 0.15) is 87.2 Å². The molecule has 1 unspecified atom stereocenters. The van der Waals surface area contributed by atoms with Crippen molar-refractivity contribution in [2.75, 3.05) is 13.1 Å². The molecule has 8 atom stereocenters. The van der Waals surface area contributed by atoms with Gasteiger partial charge < -0.3 is 20.4 Å². The maximum Gasteiger partial charge on any atom is 0.317 e. The van der Waals surface area contributed by atoms with Gasteiger partial charge in [0, 0.05) is 44.0 Å². The molecule has 8 heteroatoms. The van der Waals surface area contributed by atoms with Crippen molar-refractivity contribution >= 4 is 44.6 Å². The van der Waals surface area contributed by atoms with E-state index in [9.17, 15) is 15.0 Å². The molecular formula is C41H50N2O4S2. The third kappa shape index (κ3) is 4.83. The van der Waals surface area contributed by atoms with Crippen LogP contribution in [0.4, 0.5) is 4.79 Å². The van der Waals surface area contributed by atoms with E-state index in [1.54, 1.807) is 22.7 Å². The Morgan fingerprint density at radius 1 is 1.00 bits per heavy atom. The summed E-state index contributed by atoms with van der Waals surface area (Å²) < 4.78 is 1.11. The first-order chi connectivity index (χ1) is 23.3. The van der Waals surface area contributed by atoms with Gasteiger partial charge in [0.15, 0.2) is 5.78 Å². The van der Waals surface area contributed by atoms with E-state index in [2.05, 4.69) is 67.0 Å². The van der Waals surface area contributed by atoms with Crippen LogP contribution in [-0.4, -0.2) is 57.8 Å². The molecule has 2 bridgehead atoms. The van der Waals surface area contributed by atoms with Crippen molar-refractivity contribution in [3.63, 3.8) is 0 Å². The standard InChI is InChI=1S/C41H50N2O4S2/c1-26(2)42-36(46)43(20-14-29-9-7-21-48-29)25-40(47)17-13-34-38(40,4)16-12-33-37(3)15-11-28(44)23-39(37)18-19-41(33,34)30(24-39)35(45)32-22-27-8-5-6-10-31(27)49-32/h5-10,18-19,21-22,24,26,28,33-34,44,47H,11-17,20,23,25H2,1-4H3,(H,42,46)/t28?,33-,34-,37-,38+,39+,40-,41-/m1/s1. The Morgan fingerprint density at radius 2 is 1.76 bits per heavy atom. The lowest BCUT2D eigenvalue weighted by atomic mass is 9.32. The van der Waals surface area contributed by atoms with Gasteiger partial charge in [0.25, 0.3) is 0 Å². The highest BCUT2D eigenvalue weighted by atomic mass is 32.1. The molecule has 260 valence electrons. The van der Waals surface area contributed by atoms with Crippen LogP contribution in [0.25, 0.3) is 10.1 Å². The van der Waals surface area contributed by atoms with Crippen molar-refractivity contribution in [1.82, 2.24) is 10.2 Å². The number of thiophene rings is 2. The molecule has 6 nitrogen and oxygen atoms in total. The number of amides is 2. The number of carbonyl (C=O) groups excluding carboxylic acids is 2. The molecule has 0 aliphatic heterocycles. The summed E-state index contributed by atoms with van der Waals surface area (Å²) in [6, 6.07) is 14.3. The van der Waals surface area contributed by atoms with E-state index in [1.807, 2.05) is 36.9 Å². The van der Waals surface area contributed by atoms with Gasteiger partial charge in [-0.15, -0.1) is 22.7 Å². The van der Waals surface area contributed by atoms with Gasteiger partial charge >= 0.3 is 6.03 Å². The Bertz CT molecular complexity index is 1810. The molecule has 0 saturated heterocycles. The van der Waals surface area contributed by atoms with E-state index in [0.29, 0.717) is 19.4 Å². The topological polar surface area (TPSA) is 89.9 Å². The van der Waals surface area contributed by atoms with Gasteiger partial charge in [-0.3, -0.25) is 4.79 Å². The molecule has 9 rings (SSSR count). The largest absolute Gasteiger partial charge is 0.393 e. The van der Waals surface area contributed by atoms with E-state index in [4.69, 9.17) is 0 Å². The second-order valence-corrected chi connectivity index (χ2v) is 18.8. The summed E-state index contributed by atoms with van der Waals surface area (Å²) in [6.45, 7) is 9.43. The van der Waals surface area contributed by atoms with E-state index in [1.165, 1.54) is 4.88 Å². The molecule has 49 heavy (non-hydrogen) atoms. The first-order valence-corrected chi connectivity index (χ1v) is 20.0. The molecule has 3 aromatic rings. The Kier molecular flexibility index (Phi) is 7.92. The van der Waals surface area contributed by atoms with E-state index >= 15 is 4.79 Å². The Labute approximate surface area is 298 Å². The summed E-state index contributed by atoms with van der Waals surface area (Å²) in [5.41, 5.74) is -1.70. The molecule has 2 spiro atoms. The van der Waals surface area contributed by atoms with Crippen LogP contribution < -0.4 is 5.32 Å². The third-order valence-corrected chi connectivity index (χ3v) is 16.0. The van der Waals surface area contributed by atoms with Crippen LogP contribution in [0.5, 0.6) is 0 Å². The van der Waals surface area contributed by atoms with Crippen molar-refractivity contribution in [3.05, 3.63) is 81.4 Å². The van der Waals surface area contributed by atoms with E-state index < -0.39 is 16.4 Å². The normalized spacial score (nSPS) is 37.4. The third-order valence-electron chi connectivity index (χ3n) is 14.0. The lowest BCUT2D eigenvalue weighted by Gasteiger charge is -2.71. The van der Waals surface area contributed by atoms with Crippen molar-refractivity contribution < 1.29 is 19.8 Å².